The third-order valence-electron chi connectivity index (χ3n) is 2.60. The maximum absolute atomic E-state index is 5.48. The zero-order valence-corrected chi connectivity index (χ0v) is 11.8. The summed E-state index contributed by atoms with van der Waals surface area (Å²) in [4.78, 5) is 0. The van der Waals surface area contributed by atoms with Crippen molar-refractivity contribution in [1.29, 1.82) is 0 Å². The van der Waals surface area contributed by atoms with Gasteiger partial charge in [0.05, 0.1) is 6.54 Å². The van der Waals surface area contributed by atoms with Gasteiger partial charge in [-0.3, -0.25) is 0 Å². The topological polar surface area (TPSA) is 63.0 Å². The first kappa shape index (κ1) is 15.0. The Bertz CT molecular complexity index is 312. The van der Waals surface area contributed by atoms with Crippen LogP contribution in [-0.2, 0) is 6.54 Å². The lowest BCUT2D eigenvalue weighted by atomic mass is 10.2. The van der Waals surface area contributed by atoms with Gasteiger partial charge in [-0.25, -0.2) is 0 Å². The molecule has 18 heavy (non-hydrogen) atoms. The third-order valence-corrected chi connectivity index (χ3v) is 2.60. The summed E-state index contributed by atoms with van der Waals surface area (Å²) >= 11 is 0. The molecule has 5 nitrogen and oxygen atoms in total. The van der Waals surface area contributed by atoms with E-state index in [1.807, 2.05) is 0 Å². The number of aromatic nitrogens is 2. The van der Waals surface area contributed by atoms with Crippen molar-refractivity contribution in [2.24, 2.45) is 5.92 Å². The highest BCUT2D eigenvalue weighted by atomic mass is 16.4. The van der Waals surface area contributed by atoms with E-state index in [9.17, 15) is 0 Å². The Balaban J connectivity index is 2.13. The van der Waals surface area contributed by atoms with Gasteiger partial charge in [0.25, 0.3) is 0 Å². The van der Waals surface area contributed by atoms with Gasteiger partial charge in [0.1, 0.15) is 0 Å². The van der Waals surface area contributed by atoms with E-state index in [4.69, 9.17) is 4.42 Å². The molecule has 0 atom stereocenters. The summed E-state index contributed by atoms with van der Waals surface area (Å²) in [6, 6.07) is 0.535. The van der Waals surface area contributed by atoms with Gasteiger partial charge < -0.3 is 15.1 Å². The Morgan fingerprint density at radius 3 is 2.72 bits per heavy atom. The molecule has 0 spiro atoms. The Morgan fingerprint density at radius 2 is 2.00 bits per heavy atom. The molecule has 0 amide bonds. The quantitative estimate of drug-likeness (QED) is 0.629. The maximum atomic E-state index is 5.48. The van der Waals surface area contributed by atoms with E-state index in [2.05, 4.69) is 41.6 Å². The van der Waals surface area contributed by atoms with Crippen LogP contribution in [0.5, 0.6) is 0 Å². The van der Waals surface area contributed by atoms with Crippen molar-refractivity contribution in [1.82, 2.24) is 15.5 Å². The van der Waals surface area contributed by atoms with Gasteiger partial charge >= 0.3 is 6.01 Å². The molecule has 2 N–H and O–H groups in total. The first-order chi connectivity index (χ1) is 8.72. The molecule has 0 saturated heterocycles. The second-order valence-electron chi connectivity index (χ2n) is 5.01. The average molecular weight is 254 g/mol. The zero-order chi connectivity index (χ0) is 13.2. The highest BCUT2D eigenvalue weighted by Gasteiger charge is 2.04. The summed E-state index contributed by atoms with van der Waals surface area (Å²) in [5.41, 5.74) is 0. The highest BCUT2D eigenvalue weighted by Crippen LogP contribution is 2.06. The van der Waals surface area contributed by atoms with Gasteiger partial charge in [-0.2, -0.15) is 0 Å². The molecule has 0 unspecified atom stereocenters. The van der Waals surface area contributed by atoms with Crippen LogP contribution in [0, 0.1) is 5.92 Å². The molecule has 0 radical (unpaired) electrons. The van der Waals surface area contributed by atoms with Crippen LogP contribution in [0.4, 0.5) is 6.01 Å². The van der Waals surface area contributed by atoms with Gasteiger partial charge in [-0.1, -0.05) is 45.1 Å². The zero-order valence-electron chi connectivity index (χ0n) is 11.8. The predicted octanol–water partition coefficient (Wildman–Crippen LogP) is 2.81. The van der Waals surface area contributed by atoms with Crippen LogP contribution in [0.3, 0.4) is 0 Å². The standard InChI is InChI=1S/C13H26N4O/c1-4-5-6-7-8-15-13-17-16-12(18-13)10-14-9-11(2)3/h11,14H,4-10H2,1-3H3,(H,15,17). The minimum absolute atomic E-state index is 0.535. The Morgan fingerprint density at radius 1 is 1.17 bits per heavy atom. The van der Waals surface area contributed by atoms with Crippen LogP contribution in [0.25, 0.3) is 0 Å². The molecule has 0 aliphatic carbocycles. The van der Waals surface area contributed by atoms with Crippen LogP contribution < -0.4 is 10.6 Å². The Hall–Kier alpha value is -1.10. The molecule has 0 fully saturated rings. The summed E-state index contributed by atoms with van der Waals surface area (Å²) < 4.78 is 5.48. The lowest BCUT2D eigenvalue weighted by Gasteiger charge is -2.03. The normalized spacial score (nSPS) is 11.1. The molecule has 0 saturated carbocycles. The average Bonchev–Trinajstić information content (AvgIpc) is 2.76. The number of unbranched alkanes of at least 4 members (excludes halogenated alkanes) is 3. The van der Waals surface area contributed by atoms with Crippen LogP contribution >= 0.6 is 0 Å². The van der Waals surface area contributed by atoms with Crippen LogP contribution in [0.1, 0.15) is 52.3 Å². The first-order valence-corrected chi connectivity index (χ1v) is 6.99. The number of anilines is 1. The van der Waals surface area contributed by atoms with E-state index in [0.717, 1.165) is 19.5 Å². The fourth-order valence-corrected chi connectivity index (χ4v) is 1.61. The van der Waals surface area contributed by atoms with E-state index in [1.54, 1.807) is 0 Å². The summed E-state index contributed by atoms with van der Waals surface area (Å²) in [5, 5.41) is 14.4. The summed E-state index contributed by atoms with van der Waals surface area (Å²) in [6.07, 6.45) is 4.94. The van der Waals surface area contributed by atoms with Gasteiger partial charge in [-0.15, -0.1) is 5.10 Å². The van der Waals surface area contributed by atoms with Crippen molar-refractivity contribution < 1.29 is 4.42 Å². The second-order valence-corrected chi connectivity index (χ2v) is 5.01. The molecule has 0 aliphatic heterocycles. The number of hydrogen-bond acceptors (Lipinski definition) is 5. The molecular formula is C13H26N4O. The van der Waals surface area contributed by atoms with E-state index in [0.29, 0.717) is 24.4 Å². The highest BCUT2D eigenvalue weighted by molar-refractivity contribution is 5.16. The monoisotopic (exact) mass is 254 g/mol. The second kappa shape index (κ2) is 8.91. The first-order valence-electron chi connectivity index (χ1n) is 6.99. The lowest BCUT2D eigenvalue weighted by molar-refractivity contribution is 0.458. The van der Waals surface area contributed by atoms with E-state index in [1.165, 1.54) is 19.3 Å². The lowest BCUT2D eigenvalue weighted by Crippen LogP contribution is -2.19. The fraction of sp³-hybridized carbons (Fsp3) is 0.846. The van der Waals surface area contributed by atoms with E-state index < -0.39 is 0 Å². The molecule has 1 rings (SSSR count). The van der Waals surface area contributed by atoms with Crippen molar-refractivity contribution in [3.8, 4) is 0 Å². The molecule has 1 aromatic rings. The molecule has 0 aromatic carbocycles. The van der Waals surface area contributed by atoms with Crippen LogP contribution in [-0.4, -0.2) is 23.3 Å². The molecule has 1 heterocycles. The van der Waals surface area contributed by atoms with Crippen molar-refractivity contribution in [3.05, 3.63) is 5.89 Å². The van der Waals surface area contributed by atoms with Crippen molar-refractivity contribution in [2.45, 2.75) is 53.0 Å². The predicted molar refractivity (Wildman–Crippen MR) is 73.5 cm³/mol. The van der Waals surface area contributed by atoms with E-state index >= 15 is 0 Å². The number of nitrogens with zero attached hydrogens (tertiary/aromatic N) is 2. The van der Waals surface area contributed by atoms with E-state index in [-0.39, 0.29) is 0 Å². The molecule has 104 valence electrons. The van der Waals surface area contributed by atoms with Gasteiger partial charge in [-0.05, 0) is 18.9 Å². The van der Waals surface area contributed by atoms with Gasteiger partial charge in [0.2, 0.25) is 5.89 Å². The Kier molecular flexibility index (Phi) is 7.41. The third kappa shape index (κ3) is 6.59. The Labute approximate surface area is 110 Å². The number of nitrogens with one attached hydrogen (secondary N) is 2. The number of rotatable bonds is 10. The SMILES string of the molecule is CCCCCCNc1nnc(CNCC(C)C)o1. The largest absolute Gasteiger partial charge is 0.407 e. The molecular weight excluding hydrogens is 228 g/mol. The molecule has 1 aromatic heterocycles. The van der Waals surface area contributed by atoms with Crippen molar-refractivity contribution in [3.63, 3.8) is 0 Å². The fourth-order valence-electron chi connectivity index (χ4n) is 1.61. The van der Waals surface area contributed by atoms with Crippen LogP contribution in [0.15, 0.2) is 4.42 Å². The van der Waals surface area contributed by atoms with Gasteiger partial charge in [0, 0.05) is 6.54 Å². The van der Waals surface area contributed by atoms with Crippen LogP contribution in [0.2, 0.25) is 0 Å². The minimum atomic E-state index is 0.535. The summed E-state index contributed by atoms with van der Waals surface area (Å²) in [7, 11) is 0. The summed E-state index contributed by atoms with van der Waals surface area (Å²) in [5.74, 6) is 1.27. The molecule has 5 heteroatoms. The molecule has 0 bridgehead atoms. The molecule has 0 aliphatic rings. The summed E-state index contributed by atoms with van der Waals surface area (Å²) in [6.45, 7) is 9.06. The smallest absolute Gasteiger partial charge is 0.315 e. The van der Waals surface area contributed by atoms with Crippen molar-refractivity contribution >= 4 is 6.01 Å². The van der Waals surface area contributed by atoms with Crippen molar-refractivity contribution in [2.75, 3.05) is 18.4 Å². The van der Waals surface area contributed by atoms with Gasteiger partial charge in [0.15, 0.2) is 0 Å². The number of hydrogen-bond donors (Lipinski definition) is 2. The maximum Gasteiger partial charge on any atom is 0.315 e. The minimum Gasteiger partial charge on any atom is -0.407 e.